The first-order chi connectivity index (χ1) is 17.9. The van der Waals surface area contributed by atoms with E-state index in [1.54, 1.807) is 24.7 Å². The van der Waals surface area contributed by atoms with E-state index in [1.165, 1.54) is 0 Å². The van der Waals surface area contributed by atoms with Crippen LogP contribution < -0.4 is 15.4 Å². The number of esters is 1. The summed E-state index contributed by atoms with van der Waals surface area (Å²) in [6.45, 7) is 12.1. The minimum atomic E-state index is -0.921. The fourth-order valence-corrected chi connectivity index (χ4v) is 4.59. The number of amides is 1. The number of benzene rings is 1. The SMILES string of the molecule is CCOC(=O)[C@@H](Cc1c(CC=C(C)C)n(C(=O)OC(C)(C)C)c2cc(OC)ccc12)NC(=O)[C@H]1CCCN1. The normalized spacial score (nSPS) is 16.1. The number of hydrogen-bond acceptors (Lipinski definition) is 7. The van der Waals surface area contributed by atoms with Gasteiger partial charge in [0.15, 0.2) is 0 Å². The number of methoxy groups -OCH3 is 1. The van der Waals surface area contributed by atoms with E-state index in [9.17, 15) is 14.4 Å². The second kappa shape index (κ2) is 12.5. The third-order valence-electron chi connectivity index (χ3n) is 6.34. The van der Waals surface area contributed by atoms with Crippen LogP contribution in [0.5, 0.6) is 5.75 Å². The molecule has 1 aromatic heterocycles. The molecule has 0 saturated carbocycles. The summed E-state index contributed by atoms with van der Waals surface area (Å²) in [5.41, 5.74) is 2.43. The van der Waals surface area contributed by atoms with Crippen LogP contribution in [0.1, 0.15) is 65.6 Å². The molecule has 2 aromatic rings. The van der Waals surface area contributed by atoms with Crippen molar-refractivity contribution in [2.24, 2.45) is 0 Å². The summed E-state index contributed by atoms with van der Waals surface area (Å²) in [6, 6.07) is 4.21. The van der Waals surface area contributed by atoms with Gasteiger partial charge >= 0.3 is 12.1 Å². The number of allylic oxidation sites excluding steroid dienone is 2. The molecule has 2 N–H and O–H groups in total. The third kappa shape index (κ3) is 7.16. The summed E-state index contributed by atoms with van der Waals surface area (Å²) in [7, 11) is 1.57. The van der Waals surface area contributed by atoms with E-state index in [2.05, 4.69) is 10.6 Å². The number of nitrogens with zero attached hydrogens (tertiary/aromatic N) is 1. The second-order valence-corrected chi connectivity index (χ2v) is 10.8. The van der Waals surface area contributed by atoms with E-state index < -0.39 is 23.7 Å². The predicted octanol–water partition coefficient (Wildman–Crippen LogP) is 4.28. The molecule has 0 bridgehead atoms. The van der Waals surface area contributed by atoms with E-state index in [4.69, 9.17) is 14.2 Å². The Morgan fingerprint density at radius 1 is 1.24 bits per heavy atom. The monoisotopic (exact) mass is 527 g/mol. The first-order valence-corrected chi connectivity index (χ1v) is 13.2. The van der Waals surface area contributed by atoms with E-state index in [-0.39, 0.29) is 25.0 Å². The van der Waals surface area contributed by atoms with E-state index >= 15 is 0 Å². The van der Waals surface area contributed by atoms with Crippen molar-refractivity contribution in [3.63, 3.8) is 0 Å². The topological polar surface area (TPSA) is 108 Å². The maximum atomic E-state index is 13.5. The highest BCUT2D eigenvalue weighted by atomic mass is 16.6. The van der Waals surface area contributed by atoms with Crippen molar-refractivity contribution in [3.8, 4) is 5.75 Å². The van der Waals surface area contributed by atoms with Gasteiger partial charge in [0.2, 0.25) is 5.91 Å². The number of fused-ring (bicyclic) bond motifs is 1. The molecule has 38 heavy (non-hydrogen) atoms. The highest BCUT2D eigenvalue weighted by Gasteiger charge is 2.32. The molecular weight excluding hydrogens is 486 g/mol. The van der Waals surface area contributed by atoms with Gasteiger partial charge in [-0.15, -0.1) is 0 Å². The van der Waals surface area contributed by atoms with Gasteiger partial charge in [0.1, 0.15) is 17.4 Å². The lowest BCUT2D eigenvalue weighted by Crippen LogP contribution is -2.49. The predicted molar refractivity (Wildman–Crippen MR) is 147 cm³/mol. The van der Waals surface area contributed by atoms with Crippen LogP contribution in [0.25, 0.3) is 10.9 Å². The van der Waals surface area contributed by atoms with Crippen LogP contribution in [0.2, 0.25) is 0 Å². The molecule has 1 fully saturated rings. The van der Waals surface area contributed by atoms with Crippen LogP contribution in [0.4, 0.5) is 4.79 Å². The lowest BCUT2D eigenvalue weighted by Gasteiger charge is -2.22. The van der Waals surface area contributed by atoms with Crippen molar-refractivity contribution >= 4 is 28.9 Å². The second-order valence-electron chi connectivity index (χ2n) is 10.8. The molecule has 0 unspecified atom stereocenters. The number of ether oxygens (including phenoxy) is 3. The molecule has 0 aliphatic carbocycles. The van der Waals surface area contributed by atoms with Crippen LogP contribution in [0.3, 0.4) is 0 Å². The van der Waals surface area contributed by atoms with Gasteiger partial charge in [-0.25, -0.2) is 14.2 Å². The molecule has 0 radical (unpaired) electrons. The molecule has 2 heterocycles. The van der Waals surface area contributed by atoms with Gasteiger partial charge in [-0.3, -0.25) is 4.79 Å². The number of carbonyl (C=O) groups excluding carboxylic acids is 3. The molecule has 1 amide bonds. The van der Waals surface area contributed by atoms with Gasteiger partial charge < -0.3 is 24.8 Å². The molecule has 1 aliphatic heterocycles. The largest absolute Gasteiger partial charge is 0.497 e. The minimum absolute atomic E-state index is 0.155. The molecule has 9 heteroatoms. The zero-order chi connectivity index (χ0) is 28.0. The average molecular weight is 528 g/mol. The molecule has 208 valence electrons. The maximum absolute atomic E-state index is 13.5. The lowest BCUT2D eigenvalue weighted by atomic mass is 9.99. The molecule has 9 nitrogen and oxygen atoms in total. The Balaban J connectivity index is 2.17. The minimum Gasteiger partial charge on any atom is -0.497 e. The van der Waals surface area contributed by atoms with Crippen LogP contribution in [0.15, 0.2) is 29.8 Å². The Kier molecular flexibility index (Phi) is 9.60. The summed E-state index contributed by atoms with van der Waals surface area (Å²) < 4.78 is 18.1. The zero-order valence-corrected chi connectivity index (χ0v) is 23.6. The Hall–Kier alpha value is -3.33. The summed E-state index contributed by atoms with van der Waals surface area (Å²) in [6.07, 6.45) is 3.70. The summed E-state index contributed by atoms with van der Waals surface area (Å²) in [5, 5.41) is 6.85. The van der Waals surface area contributed by atoms with Gasteiger partial charge in [0.25, 0.3) is 0 Å². The number of hydrogen-bond donors (Lipinski definition) is 2. The molecule has 3 rings (SSSR count). The number of nitrogens with one attached hydrogen (secondary N) is 2. The van der Waals surface area contributed by atoms with Crippen LogP contribution >= 0.6 is 0 Å². The molecular formula is C29H41N3O6. The van der Waals surface area contributed by atoms with E-state index in [0.29, 0.717) is 29.8 Å². The fraction of sp³-hybridized carbons (Fsp3) is 0.552. The van der Waals surface area contributed by atoms with E-state index in [1.807, 2.05) is 52.8 Å². The van der Waals surface area contributed by atoms with E-state index in [0.717, 1.165) is 29.5 Å². The van der Waals surface area contributed by atoms with Crippen LogP contribution in [-0.2, 0) is 31.9 Å². The summed E-state index contributed by atoms with van der Waals surface area (Å²) in [5.74, 6) is -0.162. The van der Waals surface area contributed by atoms with Crippen LogP contribution in [0, 0.1) is 0 Å². The molecule has 0 spiro atoms. The standard InChI is InChI=1S/C29H41N3O6/c1-8-37-27(34)23(31-26(33)22-10-9-15-30-22)17-21-20-13-12-19(36-7)16-25(20)32(24(21)14-11-18(2)3)28(35)38-29(4,5)6/h11-13,16,22-23,30H,8-10,14-15,17H2,1-7H3,(H,31,33)/t22-,23-/m1/s1. The first kappa shape index (κ1) is 29.2. The molecule has 1 aromatic carbocycles. The van der Waals surface area contributed by atoms with Crippen molar-refractivity contribution in [1.29, 1.82) is 0 Å². The number of aromatic nitrogens is 1. The summed E-state index contributed by atoms with van der Waals surface area (Å²) >= 11 is 0. The van der Waals surface area contributed by atoms with Crippen molar-refractivity contribution in [1.82, 2.24) is 15.2 Å². The van der Waals surface area contributed by atoms with Gasteiger partial charge in [-0.1, -0.05) is 11.6 Å². The third-order valence-corrected chi connectivity index (χ3v) is 6.34. The number of carbonyl (C=O) groups is 3. The Morgan fingerprint density at radius 3 is 2.55 bits per heavy atom. The summed E-state index contributed by atoms with van der Waals surface area (Å²) in [4.78, 5) is 39.6. The zero-order valence-electron chi connectivity index (χ0n) is 23.6. The Bertz CT molecular complexity index is 1200. The van der Waals surface area contributed by atoms with Crippen LogP contribution in [-0.4, -0.2) is 60.5 Å². The Morgan fingerprint density at radius 2 is 1.97 bits per heavy atom. The van der Waals surface area contributed by atoms with Gasteiger partial charge in [-0.05, 0) is 78.6 Å². The molecule has 2 atom stereocenters. The highest BCUT2D eigenvalue weighted by Crippen LogP contribution is 2.32. The van der Waals surface area contributed by atoms with Gasteiger partial charge in [0.05, 0.1) is 25.3 Å². The average Bonchev–Trinajstić information content (AvgIpc) is 3.47. The van der Waals surface area contributed by atoms with Crippen molar-refractivity contribution in [3.05, 3.63) is 41.1 Å². The maximum Gasteiger partial charge on any atom is 0.419 e. The van der Waals surface area contributed by atoms with Crippen molar-refractivity contribution < 1.29 is 28.6 Å². The van der Waals surface area contributed by atoms with Gasteiger partial charge in [-0.2, -0.15) is 0 Å². The quantitative estimate of drug-likeness (QED) is 0.370. The molecule has 1 aliphatic rings. The lowest BCUT2D eigenvalue weighted by molar-refractivity contribution is -0.147. The Labute approximate surface area is 224 Å². The fourth-order valence-electron chi connectivity index (χ4n) is 4.59. The number of rotatable bonds is 9. The first-order valence-electron chi connectivity index (χ1n) is 13.2. The smallest absolute Gasteiger partial charge is 0.419 e. The highest BCUT2D eigenvalue weighted by molar-refractivity contribution is 5.95. The van der Waals surface area contributed by atoms with Crippen molar-refractivity contribution in [2.75, 3.05) is 20.3 Å². The molecule has 1 saturated heterocycles. The van der Waals surface area contributed by atoms with Crippen molar-refractivity contribution in [2.45, 2.75) is 84.9 Å². The van der Waals surface area contributed by atoms with Gasteiger partial charge in [0, 0.05) is 30.0 Å².